The minimum atomic E-state index is -4.78. The molecule has 0 aliphatic carbocycles. The number of benzene rings is 2. The van der Waals surface area contributed by atoms with E-state index in [1.165, 1.54) is 49.4 Å². The van der Waals surface area contributed by atoms with Gasteiger partial charge in [0.2, 0.25) is 0 Å². The normalized spacial score (nSPS) is 12.4. The van der Waals surface area contributed by atoms with E-state index in [9.17, 15) is 27.2 Å². The van der Waals surface area contributed by atoms with Crippen molar-refractivity contribution in [3.63, 3.8) is 0 Å². The number of amides is 1. The number of hydrogen-bond donors (Lipinski definition) is 1. The predicted octanol–water partition coefficient (Wildman–Crippen LogP) is 3.99. The average molecular weight is 411 g/mol. The largest absolute Gasteiger partial charge is 0.573 e. The van der Waals surface area contributed by atoms with Crippen LogP contribution in [-0.4, -0.2) is 24.3 Å². The molecule has 1 amide bonds. The molecule has 0 aromatic heterocycles. The summed E-state index contributed by atoms with van der Waals surface area (Å²) >= 11 is 0. The number of halogens is 4. The second-order valence-corrected chi connectivity index (χ2v) is 5.87. The van der Waals surface area contributed by atoms with Gasteiger partial charge in [-0.2, -0.15) is 0 Å². The first kappa shape index (κ1) is 21.9. The molecular weight excluding hydrogens is 394 g/mol. The van der Waals surface area contributed by atoms with Crippen LogP contribution >= 0.6 is 0 Å². The third-order valence-electron chi connectivity index (χ3n) is 3.57. The summed E-state index contributed by atoms with van der Waals surface area (Å²) in [7, 11) is 0. The minimum absolute atomic E-state index is 0.142. The molecule has 0 radical (unpaired) electrons. The van der Waals surface area contributed by atoms with Crippen LogP contribution in [0.4, 0.5) is 17.6 Å². The molecule has 0 fully saturated rings. The molecule has 9 heteroatoms. The Morgan fingerprint density at radius 3 is 2.28 bits per heavy atom. The molecule has 0 saturated heterocycles. The van der Waals surface area contributed by atoms with Crippen LogP contribution in [0.15, 0.2) is 54.6 Å². The molecule has 0 aliphatic rings. The maximum atomic E-state index is 12.8. The lowest BCUT2D eigenvalue weighted by atomic mass is 10.2. The van der Waals surface area contributed by atoms with Crippen molar-refractivity contribution in [3.05, 3.63) is 71.6 Å². The Balaban J connectivity index is 1.81. The fraction of sp³-hybridized carbons (Fsp3) is 0.200. The van der Waals surface area contributed by atoms with Crippen molar-refractivity contribution >= 4 is 18.0 Å². The Bertz CT molecular complexity index is 862. The zero-order valence-electron chi connectivity index (χ0n) is 15.2. The number of rotatable bonds is 7. The van der Waals surface area contributed by atoms with Crippen LogP contribution in [0.1, 0.15) is 18.1 Å². The van der Waals surface area contributed by atoms with E-state index in [0.29, 0.717) is 11.1 Å². The fourth-order valence-corrected chi connectivity index (χ4v) is 2.15. The molecule has 1 N–H and O–H groups in total. The number of esters is 1. The molecule has 2 rings (SSSR count). The Morgan fingerprint density at radius 1 is 1.07 bits per heavy atom. The average Bonchev–Trinajstić information content (AvgIpc) is 2.65. The molecular formula is C20H17F4NO4. The number of hydrogen-bond acceptors (Lipinski definition) is 4. The summed E-state index contributed by atoms with van der Waals surface area (Å²) in [4.78, 5) is 23.7. The van der Waals surface area contributed by atoms with Gasteiger partial charge in [0.15, 0.2) is 6.10 Å². The zero-order chi connectivity index (χ0) is 21.4. The molecule has 29 heavy (non-hydrogen) atoms. The highest BCUT2D eigenvalue weighted by atomic mass is 19.4. The minimum Gasteiger partial charge on any atom is -0.449 e. The summed E-state index contributed by atoms with van der Waals surface area (Å²) < 4.78 is 57.9. The van der Waals surface area contributed by atoms with Crippen molar-refractivity contribution in [1.29, 1.82) is 0 Å². The van der Waals surface area contributed by atoms with Crippen molar-refractivity contribution in [1.82, 2.24) is 5.32 Å². The van der Waals surface area contributed by atoms with Gasteiger partial charge in [0, 0.05) is 12.6 Å². The first-order chi connectivity index (χ1) is 13.6. The summed E-state index contributed by atoms with van der Waals surface area (Å²) in [5.74, 6) is -2.12. The maximum absolute atomic E-state index is 12.8. The van der Waals surface area contributed by atoms with Gasteiger partial charge in [-0.3, -0.25) is 4.79 Å². The fourth-order valence-electron chi connectivity index (χ4n) is 2.15. The van der Waals surface area contributed by atoms with E-state index < -0.39 is 30.2 Å². The highest BCUT2D eigenvalue weighted by Crippen LogP contribution is 2.23. The van der Waals surface area contributed by atoms with Crippen molar-refractivity contribution in [2.24, 2.45) is 0 Å². The molecule has 0 unspecified atom stereocenters. The Hall–Kier alpha value is -3.36. The van der Waals surface area contributed by atoms with Gasteiger partial charge < -0.3 is 14.8 Å². The van der Waals surface area contributed by atoms with Gasteiger partial charge in [0.1, 0.15) is 11.6 Å². The highest BCUT2D eigenvalue weighted by Gasteiger charge is 2.30. The van der Waals surface area contributed by atoms with Crippen LogP contribution < -0.4 is 10.1 Å². The third kappa shape index (κ3) is 8.04. The molecule has 154 valence electrons. The highest BCUT2D eigenvalue weighted by molar-refractivity contribution is 5.90. The second-order valence-electron chi connectivity index (χ2n) is 5.87. The van der Waals surface area contributed by atoms with Crippen LogP contribution in [-0.2, 0) is 20.9 Å². The third-order valence-corrected chi connectivity index (χ3v) is 3.57. The quantitative estimate of drug-likeness (QED) is 0.425. The second kappa shape index (κ2) is 9.72. The summed E-state index contributed by atoms with van der Waals surface area (Å²) in [5.41, 5.74) is 1.11. The van der Waals surface area contributed by atoms with E-state index in [4.69, 9.17) is 4.74 Å². The molecule has 0 heterocycles. The Morgan fingerprint density at radius 2 is 1.69 bits per heavy atom. The smallest absolute Gasteiger partial charge is 0.449 e. The van der Waals surface area contributed by atoms with E-state index in [0.717, 1.165) is 18.2 Å². The van der Waals surface area contributed by atoms with E-state index in [1.807, 2.05) is 0 Å². The van der Waals surface area contributed by atoms with Gasteiger partial charge in [-0.15, -0.1) is 13.2 Å². The maximum Gasteiger partial charge on any atom is 0.573 e. The zero-order valence-corrected chi connectivity index (χ0v) is 15.2. The summed E-state index contributed by atoms with van der Waals surface area (Å²) in [6.45, 7) is 1.53. The number of alkyl halides is 3. The van der Waals surface area contributed by atoms with Crippen molar-refractivity contribution in [3.8, 4) is 5.75 Å². The van der Waals surface area contributed by atoms with Crippen LogP contribution in [0.3, 0.4) is 0 Å². The molecule has 0 aliphatic heterocycles. The topological polar surface area (TPSA) is 64.6 Å². The molecule has 0 spiro atoms. The van der Waals surface area contributed by atoms with Crippen molar-refractivity contribution in [2.45, 2.75) is 25.9 Å². The van der Waals surface area contributed by atoms with Crippen molar-refractivity contribution in [2.75, 3.05) is 0 Å². The van der Waals surface area contributed by atoms with Crippen molar-refractivity contribution < 1.29 is 36.6 Å². The van der Waals surface area contributed by atoms with Crippen LogP contribution in [0, 0.1) is 5.82 Å². The molecule has 0 saturated carbocycles. The van der Waals surface area contributed by atoms with Gasteiger partial charge in [0.05, 0.1) is 0 Å². The summed E-state index contributed by atoms with van der Waals surface area (Å²) in [6, 6.07) is 10.4. The van der Waals surface area contributed by atoms with Gasteiger partial charge in [-0.05, 0) is 48.4 Å². The first-order valence-corrected chi connectivity index (χ1v) is 8.39. The van der Waals surface area contributed by atoms with E-state index in [-0.39, 0.29) is 12.3 Å². The van der Waals surface area contributed by atoms with Crippen LogP contribution in [0.25, 0.3) is 6.08 Å². The number of carbonyl (C=O) groups is 2. The number of ether oxygens (including phenoxy) is 2. The van der Waals surface area contributed by atoms with Gasteiger partial charge >= 0.3 is 12.3 Å². The predicted molar refractivity (Wildman–Crippen MR) is 96.0 cm³/mol. The summed E-state index contributed by atoms with van der Waals surface area (Å²) in [6.07, 6.45) is -3.49. The SMILES string of the molecule is C[C@@H](OC(=O)/C=C/c1ccc(OC(F)(F)F)cc1)C(=O)NCc1ccc(F)cc1. The first-order valence-electron chi connectivity index (χ1n) is 8.39. The Kier molecular flexibility index (Phi) is 7.35. The molecule has 1 atom stereocenters. The van der Waals surface area contributed by atoms with Gasteiger partial charge in [-0.1, -0.05) is 24.3 Å². The van der Waals surface area contributed by atoms with Crippen LogP contribution in [0.2, 0.25) is 0 Å². The van der Waals surface area contributed by atoms with E-state index >= 15 is 0 Å². The standard InChI is InChI=1S/C20H17F4NO4/c1-13(19(27)25-12-15-2-7-16(21)8-3-15)28-18(26)11-6-14-4-9-17(10-5-14)29-20(22,23)24/h2-11,13H,12H2,1H3,(H,25,27)/b11-6+/t13-/m1/s1. The summed E-state index contributed by atoms with van der Waals surface area (Å²) in [5, 5.41) is 2.55. The van der Waals surface area contributed by atoms with Crippen LogP contribution in [0.5, 0.6) is 5.75 Å². The van der Waals surface area contributed by atoms with E-state index in [1.54, 1.807) is 0 Å². The molecule has 5 nitrogen and oxygen atoms in total. The lowest BCUT2D eigenvalue weighted by molar-refractivity contribution is -0.274. The molecule has 0 bridgehead atoms. The monoisotopic (exact) mass is 411 g/mol. The van der Waals surface area contributed by atoms with E-state index in [2.05, 4.69) is 10.1 Å². The van der Waals surface area contributed by atoms with Gasteiger partial charge in [-0.25, -0.2) is 9.18 Å². The molecule has 2 aromatic rings. The Labute approximate surface area is 163 Å². The number of carbonyl (C=O) groups excluding carboxylic acids is 2. The number of nitrogens with one attached hydrogen (secondary N) is 1. The molecule has 2 aromatic carbocycles. The lowest BCUT2D eigenvalue weighted by Crippen LogP contribution is -2.35. The lowest BCUT2D eigenvalue weighted by Gasteiger charge is -2.12. The van der Waals surface area contributed by atoms with Gasteiger partial charge in [0.25, 0.3) is 5.91 Å².